The lowest BCUT2D eigenvalue weighted by Gasteiger charge is -2.11. The molecule has 2 heterocycles. The fourth-order valence-corrected chi connectivity index (χ4v) is 4.18. The van der Waals surface area contributed by atoms with E-state index < -0.39 is 0 Å². The number of pyridine rings is 1. The van der Waals surface area contributed by atoms with Gasteiger partial charge in [0, 0.05) is 23.4 Å². The monoisotopic (exact) mass is 396 g/mol. The fourth-order valence-electron chi connectivity index (χ4n) is 4.18. The van der Waals surface area contributed by atoms with Gasteiger partial charge in [-0.2, -0.15) is 0 Å². The van der Waals surface area contributed by atoms with Crippen molar-refractivity contribution in [1.29, 1.82) is 0 Å². The molecule has 0 aliphatic rings. The van der Waals surface area contributed by atoms with Gasteiger partial charge < -0.3 is 0 Å². The van der Waals surface area contributed by atoms with Crippen molar-refractivity contribution in [3.05, 3.63) is 77.4 Å². The predicted octanol–water partition coefficient (Wildman–Crippen LogP) is 5.91. The molecule has 0 atom stereocenters. The third-order valence-electron chi connectivity index (χ3n) is 5.82. The smallest absolute Gasteiger partial charge is 0.213 e. The molecule has 0 saturated carbocycles. The van der Waals surface area contributed by atoms with Gasteiger partial charge in [0.1, 0.15) is 7.05 Å². The Morgan fingerprint density at radius 2 is 1.73 bits per heavy atom. The van der Waals surface area contributed by atoms with Gasteiger partial charge in [0.2, 0.25) is 5.69 Å². The zero-order valence-electron chi connectivity index (χ0n) is 18.8. The van der Waals surface area contributed by atoms with Crippen molar-refractivity contribution in [3.63, 3.8) is 0 Å². The summed E-state index contributed by atoms with van der Waals surface area (Å²) >= 11 is 0. The SMILES string of the molecule is Cc1cc(C)c(C)c(-c2cc3cccc(-c4cnc(CC(C)C)cn4)c3c[n+]2C)c1. The Morgan fingerprint density at radius 1 is 0.933 bits per heavy atom. The number of nitrogens with zero attached hydrogens (tertiary/aromatic N) is 3. The number of hydrogen-bond donors (Lipinski definition) is 0. The lowest BCUT2D eigenvalue weighted by Crippen LogP contribution is -2.30. The second-order valence-electron chi connectivity index (χ2n) is 8.82. The van der Waals surface area contributed by atoms with Gasteiger partial charge in [0.25, 0.3) is 0 Å². The van der Waals surface area contributed by atoms with Gasteiger partial charge in [-0.05, 0) is 55.7 Å². The largest absolute Gasteiger partial charge is 0.257 e. The fraction of sp³-hybridized carbons (Fsp3) is 0.296. The second kappa shape index (κ2) is 7.98. The summed E-state index contributed by atoms with van der Waals surface area (Å²) in [5, 5.41) is 2.41. The predicted molar refractivity (Wildman–Crippen MR) is 124 cm³/mol. The maximum Gasteiger partial charge on any atom is 0.213 e. The van der Waals surface area contributed by atoms with Crippen LogP contribution in [0.5, 0.6) is 0 Å². The topological polar surface area (TPSA) is 29.7 Å². The van der Waals surface area contributed by atoms with E-state index in [1.807, 2.05) is 12.4 Å². The summed E-state index contributed by atoms with van der Waals surface area (Å²) in [7, 11) is 2.13. The molecule has 0 fully saturated rings. The molecule has 152 valence electrons. The van der Waals surface area contributed by atoms with Crippen molar-refractivity contribution < 1.29 is 4.57 Å². The Balaban J connectivity index is 1.83. The zero-order chi connectivity index (χ0) is 21.4. The number of benzene rings is 2. The molecule has 0 spiro atoms. The molecule has 0 unspecified atom stereocenters. The number of fused-ring (bicyclic) bond motifs is 1. The molecule has 0 bridgehead atoms. The van der Waals surface area contributed by atoms with Crippen molar-refractivity contribution in [3.8, 4) is 22.5 Å². The first-order valence-electron chi connectivity index (χ1n) is 10.7. The molecular formula is C27H30N3+. The van der Waals surface area contributed by atoms with E-state index >= 15 is 0 Å². The summed E-state index contributed by atoms with van der Waals surface area (Å²) in [4.78, 5) is 9.38. The molecule has 2 aromatic heterocycles. The van der Waals surface area contributed by atoms with E-state index in [1.54, 1.807) is 0 Å². The molecule has 0 N–H and O–H groups in total. The highest BCUT2D eigenvalue weighted by atomic mass is 14.9. The number of aryl methyl sites for hydroxylation is 3. The molecule has 0 amide bonds. The van der Waals surface area contributed by atoms with Crippen LogP contribution in [0, 0.1) is 26.7 Å². The molecule has 0 radical (unpaired) electrons. The van der Waals surface area contributed by atoms with Crippen LogP contribution in [0.3, 0.4) is 0 Å². The quantitative estimate of drug-likeness (QED) is 0.401. The Labute approximate surface area is 179 Å². The highest BCUT2D eigenvalue weighted by Crippen LogP contribution is 2.30. The second-order valence-corrected chi connectivity index (χ2v) is 8.82. The van der Waals surface area contributed by atoms with Crippen LogP contribution >= 0.6 is 0 Å². The van der Waals surface area contributed by atoms with E-state index in [0.717, 1.165) is 23.4 Å². The highest BCUT2D eigenvalue weighted by Gasteiger charge is 2.18. The third-order valence-corrected chi connectivity index (χ3v) is 5.82. The molecule has 3 heteroatoms. The number of hydrogen-bond acceptors (Lipinski definition) is 2. The average molecular weight is 397 g/mol. The van der Waals surface area contributed by atoms with Crippen LogP contribution < -0.4 is 4.57 Å². The third kappa shape index (κ3) is 3.85. The van der Waals surface area contributed by atoms with E-state index in [-0.39, 0.29) is 0 Å². The minimum atomic E-state index is 0.578. The molecule has 4 aromatic rings. The molecular weight excluding hydrogens is 366 g/mol. The normalized spacial score (nSPS) is 11.4. The molecule has 2 aromatic carbocycles. The summed E-state index contributed by atoms with van der Waals surface area (Å²) in [6.45, 7) is 11.0. The van der Waals surface area contributed by atoms with Crippen molar-refractivity contribution in [2.75, 3.05) is 0 Å². The Morgan fingerprint density at radius 3 is 2.43 bits per heavy atom. The van der Waals surface area contributed by atoms with Crippen LogP contribution in [-0.2, 0) is 13.5 Å². The summed E-state index contributed by atoms with van der Waals surface area (Å²) in [6, 6.07) is 13.3. The van der Waals surface area contributed by atoms with Crippen LogP contribution in [0.2, 0.25) is 0 Å². The van der Waals surface area contributed by atoms with Gasteiger partial charge in [-0.3, -0.25) is 9.97 Å². The lowest BCUT2D eigenvalue weighted by atomic mass is 9.95. The summed E-state index contributed by atoms with van der Waals surface area (Å²) in [5.74, 6) is 0.578. The van der Waals surface area contributed by atoms with Crippen molar-refractivity contribution >= 4 is 10.8 Å². The van der Waals surface area contributed by atoms with Crippen LogP contribution in [0.25, 0.3) is 33.3 Å². The number of aromatic nitrogens is 3. The van der Waals surface area contributed by atoms with Gasteiger partial charge in [0.05, 0.1) is 23.0 Å². The van der Waals surface area contributed by atoms with E-state index in [1.165, 1.54) is 38.7 Å². The summed E-state index contributed by atoms with van der Waals surface area (Å²) < 4.78 is 2.23. The lowest BCUT2D eigenvalue weighted by molar-refractivity contribution is -0.659. The maximum atomic E-state index is 4.73. The van der Waals surface area contributed by atoms with Gasteiger partial charge in [0.15, 0.2) is 6.20 Å². The van der Waals surface area contributed by atoms with Gasteiger partial charge >= 0.3 is 0 Å². The first kappa shape index (κ1) is 20.2. The van der Waals surface area contributed by atoms with E-state index in [2.05, 4.69) is 93.8 Å². The van der Waals surface area contributed by atoms with E-state index in [0.29, 0.717) is 5.92 Å². The van der Waals surface area contributed by atoms with E-state index in [9.17, 15) is 0 Å². The maximum absolute atomic E-state index is 4.73. The van der Waals surface area contributed by atoms with Crippen LogP contribution in [0.15, 0.2) is 55.0 Å². The first-order valence-corrected chi connectivity index (χ1v) is 10.7. The molecule has 0 aliphatic heterocycles. The van der Waals surface area contributed by atoms with Crippen LogP contribution in [0.1, 0.15) is 36.2 Å². The molecule has 4 rings (SSSR count). The van der Waals surface area contributed by atoms with Gasteiger partial charge in [-0.15, -0.1) is 0 Å². The molecule has 0 saturated heterocycles. The van der Waals surface area contributed by atoms with Gasteiger partial charge in [-0.1, -0.05) is 43.7 Å². The Bertz CT molecular complexity index is 1220. The minimum Gasteiger partial charge on any atom is -0.257 e. The highest BCUT2D eigenvalue weighted by molar-refractivity contribution is 5.96. The standard InChI is InChI=1S/C27H30N3/c1-17(2)10-22-14-29-26(15-28-22)23-9-7-8-21-13-27(30(6)16-25(21)23)24-12-18(3)11-19(4)20(24)5/h7-9,11-17H,10H2,1-6H3/q+1. The Hall–Kier alpha value is -3.07. The van der Waals surface area contributed by atoms with Crippen LogP contribution in [0.4, 0.5) is 0 Å². The first-order chi connectivity index (χ1) is 14.3. The average Bonchev–Trinajstić information content (AvgIpc) is 2.70. The Kier molecular flexibility index (Phi) is 5.38. The van der Waals surface area contributed by atoms with Crippen molar-refractivity contribution in [1.82, 2.24) is 9.97 Å². The van der Waals surface area contributed by atoms with Crippen LogP contribution in [-0.4, -0.2) is 9.97 Å². The summed E-state index contributed by atoms with van der Waals surface area (Å²) in [5.41, 5.74) is 9.56. The molecule has 3 nitrogen and oxygen atoms in total. The van der Waals surface area contributed by atoms with E-state index in [4.69, 9.17) is 4.98 Å². The molecule has 0 aliphatic carbocycles. The number of rotatable bonds is 4. The minimum absolute atomic E-state index is 0.578. The van der Waals surface area contributed by atoms with Crippen molar-refractivity contribution in [2.24, 2.45) is 13.0 Å². The molecule has 30 heavy (non-hydrogen) atoms. The zero-order valence-corrected chi connectivity index (χ0v) is 18.8. The van der Waals surface area contributed by atoms with Gasteiger partial charge in [-0.25, -0.2) is 4.57 Å². The van der Waals surface area contributed by atoms with Crippen molar-refractivity contribution in [2.45, 2.75) is 41.0 Å². The summed E-state index contributed by atoms with van der Waals surface area (Å²) in [6.07, 6.45) is 7.01.